The first-order valence-corrected chi connectivity index (χ1v) is 8.62. The molecule has 1 aromatic carbocycles. The molecule has 0 saturated heterocycles. The Morgan fingerprint density at radius 3 is 2.48 bits per heavy atom. The number of carbonyl (C=O) groups excluding carboxylic acids is 1. The average molecular weight is 307 g/mol. The minimum atomic E-state index is -3.64. The topological polar surface area (TPSA) is 77.2 Å². The van der Waals surface area contributed by atoms with Crippen LogP contribution in [0.1, 0.15) is 36.7 Å². The third-order valence-corrected chi connectivity index (χ3v) is 3.93. The second kappa shape index (κ2) is 6.22. The first-order chi connectivity index (χ1) is 9.93. The molecule has 0 aliphatic heterocycles. The van der Waals surface area contributed by atoms with Crippen LogP contribution < -0.4 is 0 Å². The highest BCUT2D eigenvalue weighted by molar-refractivity contribution is 7.90. The van der Waals surface area contributed by atoms with E-state index in [1.165, 1.54) is 0 Å². The number of ketones is 1. The fourth-order valence-corrected chi connectivity index (χ4v) is 2.63. The number of sulfone groups is 1. The van der Waals surface area contributed by atoms with Gasteiger partial charge in [0.1, 0.15) is 0 Å². The molecule has 2 aromatic rings. The summed E-state index contributed by atoms with van der Waals surface area (Å²) in [5.74, 6) is -0.154. The highest BCUT2D eigenvalue weighted by Crippen LogP contribution is 2.26. The predicted octanol–water partition coefficient (Wildman–Crippen LogP) is 3.12. The fourth-order valence-electron chi connectivity index (χ4n) is 1.89. The van der Waals surface area contributed by atoms with Crippen LogP contribution in [0.25, 0.3) is 11.5 Å². The average Bonchev–Trinajstić information content (AvgIpc) is 2.91. The van der Waals surface area contributed by atoms with Crippen LogP contribution in [-0.4, -0.2) is 25.4 Å². The van der Waals surface area contributed by atoms with Crippen LogP contribution in [0.4, 0.5) is 0 Å². The Morgan fingerprint density at radius 1 is 1.24 bits per heavy atom. The summed E-state index contributed by atoms with van der Waals surface area (Å²) in [5, 5.41) is -0.345. The van der Waals surface area contributed by atoms with Gasteiger partial charge in [-0.15, -0.1) is 0 Å². The van der Waals surface area contributed by atoms with Crippen molar-refractivity contribution in [2.24, 2.45) is 0 Å². The lowest BCUT2D eigenvalue weighted by atomic mass is 10.1. The number of aromatic nitrogens is 1. The van der Waals surface area contributed by atoms with Crippen LogP contribution in [0.2, 0.25) is 0 Å². The van der Waals surface area contributed by atoms with Gasteiger partial charge in [-0.2, -0.15) is 0 Å². The number of carbonyl (C=O) groups is 1. The van der Waals surface area contributed by atoms with Crippen LogP contribution in [0.15, 0.2) is 39.8 Å². The fraction of sp³-hybridized carbons (Fsp3) is 0.333. The van der Waals surface area contributed by atoms with Crippen LogP contribution >= 0.6 is 0 Å². The van der Waals surface area contributed by atoms with Gasteiger partial charge in [-0.3, -0.25) is 4.79 Å². The molecule has 21 heavy (non-hydrogen) atoms. The zero-order chi connectivity index (χ0) is 15.5. The standard InChI is InChI=1S/C15H17NO4S/c1-3-4-10-12(17)13-15(21(2,18)19)20-14(16-13)11-8-6-5-7-9-11/h5-9H,3-4,10H2,1-2H3. The van der Waals surface area contributed by atoms with E-state index >= 15 is 0 Å². The van der Waals surface area contributed by atoms with E-state index in [9.17, 15) is 13.2 Å². The molecule has 0 spiro atoms. The molecule has 0 bridgehead atoms. The second-order valence-electron chi connectivity index (χ2n) is 4.82. The van der Waals surface area contributed by atoms with Gasteiger partial charge in [0, 0.05) is 18.2 Å². The van der Waals surface area contributed by atoms with E-state index in [0.29, 0.717) is 12.0 Å². The molecule has 5 nitrogen and oxygen atoms in total. The number of hydrogen-bond acceptors (Lipinski definition) is 5. The van der Waals surface area contributed by atoms with Crippen molar-refractivity contribution in [3.05, 3.63) is 36.0 Å². The zero-order valence-electron chi connectivity index (χ0n) is 12.0. The summed E-state index contributed by atoms with van der Waals surface area (Å²) in [6.45, 7) is 1.96. The van der Waals surface area contributed by atoms with Crippen molar-refractivity contribution >= 4 is 15.6 Å². The Labute approximate surface area is 123 Å². The number of Topliss-reactive ketones (excluding diaryl/α,β-unsaturated/α-hetero) is 1. The van der Waals surface area contributed by atoms with Gasteiger partial charge in [-0.05, 0) is 18.6 Å². The van der Waals surface area contributed by atoms with Crippen molar-refractivity contribution in [2.45, 2.75) is 31.3 Å². The Hall–Kier alpha value is -1.95. The molecule has 112 valence electrons. The summed E-state index contributed by atoms with van der Waals surface area (Å²) < 4.78 is 28.9. The molecule has 6 heteroatoms. The maximum absolute atomic E-state index is 12.1. The second-order valence-corrected chi connectivity index (χ2v) is 6.74. The highest BCUT2D eigenvalue weighted by atomic mass is 32.2. The van der Waals surface area contributed by atoms with Crippen molar-refractivity contribution in [2.75, 3.05) is 6.26 Å². The lowest BCUT2D eigenvalue weighted by Gasteiger charge is -1.97. The van der Waals surface area contributed by atoms with Gasteiger partial charge in [0.25, 0.3) is 0 Å². The Morgan fingerprint density at radius 2 is 1.90 bits per heavy atom. The molecule has 0 unspecified atom stereocenters. The minimum Gasteiger partial charge on any atom is -0.424 e. The Kier molecular flexibility index (Phi) is 4.57. The lowest BCUT2D eigenvalue weighted by molar-refractivity contribution is 0.0970. The molecule has 0 radical (unpaired) electrons. The largest absolute Gasteiger partial charge is 0.424 e. The van der Waals surface area contributed by atoms with Gasteiger partial charge in [-0.1, -0.05) is 31.5 Å². The van der Waals surface area contributed by atoms with Gasteiger partial charge >= 0.3 is 0 Å². The summed E-state index contributed by atoms with van der Waals surface area (Å²) in [6.07, 6.45) is 2.82. The normalized spacial score (nSPS) is 11.5. The summed E-state index contributed by atoms with van der Waals surface area (Å²) in [7, 11) is -3.64. The molecule has 0 amide bonds. The summed E-state index contributed by atoms with van der Waals surface area (Å²) in [4.78, 5) is 16.2. The van der Waals surface area contributed by atoms with Crippen LogP contribution in [0.5, 0.6) is 0 Å². The number of hydrogen-bond donors (Lipinski definition) is 0. The van der Waals surface area contributed by atoms with Gasteiger partial charge in [0.2, 0.25) is 20.8 Å². The van der Waals surface area contributed by atoms with Crippen molar-refractivity contribution in [3.63, 3.8) is 0 Å². The van der Waals surface area contributed by atoms with E-state index < -0.39 is 9.84 Å². The van der Waals surface area contributed by atoms with Crippen molar-refractivity contribution < 1.29 is 17.6 Å². The van der Waals surface area contributed by atoms with Gasteiger partial charge in [-0.25, -0.2) is 13.4 Å². The van der Waals surface area contributed by atoms with E-state index in [0.717, 1.165) is 12.7 Å². The number of oxazole rings is 1. The molecule has 0 fully saturated rings. The molecule has 0 N–H and O–H groups in total. The summed E-state index contributed by atoms with van der Waals surface area (Å²) >= 11 is 0. The molecule has 2 rings (SSSR count). The number of benzene rings is 1. The molecular weight excluding hydrogens is 290 g/mol. The van der Waals surface area contributed by atoms with Gasteiger partial charge < -0.3 is 4.42 Å². The lowest BCUT2D eigenvalue weighted by Crippen LogP contribution is -2.07. The van der Waals surface area contributed by atoms with E-state index in [1.54, 1.807) is 24.3 Å². The van der Waals surface area contributed by atoms with Crippen molar-refractivity contribution in [1.82, 2.24) is 4.98 Å². The quantitative estimate of drug-likeness (QED) is 0.766. The first-order valence-electron chi connectivity index (χ1n) is 6.73. The van der Waals surface area contributed by atoms with E-state index in [4.69, 9.17) is 4.42 Å². The van der Waals surface area contributed by atoms with Crippen LogP contribution in [0.3, 0.4) is 0 Å². The molecule has 1 heterocycles. The maximum atomic E-state index is 12.1. The SMILES string of the molecule is CCCCC(=O)c1nc(-c2ccccc2)oc1S(C)(=O)=O. The predicted molar refractivity (Wildman–Crippen MR) is 78.9 cm³/mol. The third-order valence-electron chi connectivity index (χ3n) is 2.98. The van der Waals surface area contributed by atoms with Crippen molar-refractivity contribution in [3.8, 4) is 11.5 Å². The Balaban J connectivity index is 2.49. The molecule has 0 saturated carbocycles. The number of unbranched alkanes of at least 4 members (excludes halogenated alkanes) is 1. The maximum Gasteiger partial charge on any atom is 0.249 e. The van der Waals surface area contributed by atoms with Gasteiger partial charge in [0.15, 0.2) is 11.5 Å². The van der Waals surface area contributed by atoms with Crippen molar-refractivity contribution in [1.29, 1.82) is 0 Å². The molecular formula is C15H17NO4S. The molecule has 0 aliphatic rings. The Bertz CT molecular complexity index is 732. The van der Waals surface area contributed by atoms with Gasteiger partial charge in [0.05, 0.1) is 0 Å². The number of rotatable bonds is 6. The zero-order valence-corrected chi connectivity index (χ0v) is 12.8. The smallest absolute Gasteiger partial charge is 0.249 e. The number of nitrogens with zero attached hydrogens (tertiary/aromatic N) is 1. The molecule has 0 aliphatic carbocycles. The third kappa shape index (κ3) is 3.58. The van der Waals surface area contributed by atoms with Crippen LogP contribution in [-0.2, 0) is 9.84 Å². The monoisotopic (exact) mass is 307 g/mol. The summed E-state index contributed by atoms with van der Waals surface area (Å²) in [5.41, 5.74) is 0.543. The van der Waals surface area contributed by atoms with Crippen LogP contribution in [0, 0.1) is 0 Å². The highest BCUT2D eigenvalue weighted by Gasteiger charge is 2.27. The first kappa shape index (κ1) is 15.4. The van der Waals surface area contributed by atoms with E-state index in [1.807, 2.05) is 13.0 Å². The molecule has 1 aromatic heterocycles. The van der Waals surface area contributed by atoms with E-state index in [2.05, 4.69) is 4.98 Å². The molecule has 0 atom stereocenters. The van der Waals surface area contributed by atoms with E-state index in [-0.39, 0.29) is 28.9 Å². The summed E-state index contributed by atoms with van der Waals surface area (Å²) in [6, 6.07) is 8.91. The minimum absolute atomic E-state index is 0.0928.